The first kappa shape index (κ1) is 19.4. The van der Waals surface area contributed by atoms with Crippen LogP contribution in [0.4, 0.5) is 0 Å². The lowest BCUT2D eigenvalue weighted by atomic mass is 10.0. The number of fused-ring (bicyclic) bond motifs is 1. The minimum Gasteiger partial charge on any atom is -0.496 e. The van der Waals surface area contributed by atoms with E-state index >= 15 is 0 Å². The minimum atomic E-state index is -0.368. The van der Waals surface area contributed by atoms with Gasteiger partial charge in [0.25, 0.3) is 5.91 Å². The smallest absolute Gasteiger partial charge is 0.289 e. The topological polar surface area (TPSA) is 79.4 Å². The van der Waals surface area contributed by atoms with Gasteiger partial charge in [0.15, 0.2) is 0 Å². The van der Waals surface area contributed by atoms with Crippen molar-refractivity contribution in [3.05, 3.63) is 83.0 Å². The van der Waals surface area contributed by atoms with Crippen LogP contribution in [-0.2, 0) is 0 Å². The summed E-state index contributed by atoms with van der Waals surface area (Å²) in [4.78, 5) is 12.5. The SMILES string of the molecule is COc1ccc2ccccc2c1/C=N\NC(=O)c1cc(-c2ccc(C)c(C)c2)n[nH]1. The fourth-order valence-corrected chi connectivity index (χ4v) is 3.29. The number of methoxy groups -OCH3 is 1. The average Bonchev–Trinajstić information content (AvgIpc) is 3.26. The van der Waals surface area contributed by atoms with Crippen molar-refractivity contribution >= 4 is 22.9 Å². The number of H-pyrrole nitrogens is 1. The lowest BCUT2D eigenvalue weighted by Crippen LogP contribution is -2.18. The number of hydrazone groups is 1. The number of aromatic nitrogens is 2. The molecule has 0 atom stereocenters. The van der Waals surface area contributed by atoms with Gasteiger partial charge in [-0.05, 0) is 53.9 Å². The highest BCUT2D eigenvalue weighted by atomic mass is 16.5. The van der Waals surface area contributed by atoms with Crippen LogP contribution in [0.5, 0.6) is 5.75 Å². The zero-order valence-electron chi connectivity index (χ0n) is 17.1. The van der Waals surface area contributed by atoms with Gasteiger partial charge in [0, 0.05) is 11.1 Å². The Morgan fingerprint density at radius 3 is 2.70 bits per heavy atom. The predicted molar refractivity (Wildman–Crippen MR) is 119 cm³/mol. The van der Waals surface area contributed by atoms with Gasteiger partial charge in [-0.3, -0.25) is 9.89 Å². The van der Waals surface area contributed by atoms with Crippen LogP contribution < -0.4 is 10.2 Å². The molecule has 0 fully saturated rings. The van der Waals surface area contributed by atoms with Gasteiger partial charge in [-0.15, -0.1) is 0 Å². The Labute approximate surface area is 174 Å². The molecule has 4 aromatic rings. The molecule has 0 saturated carbocycles. The first-order valence-electron chi connectivity index (χ1n) is 9.59. The Balaban J connectivity index is 1.53. The minimum absolute atomic E-state index is 0.338. The Kier molecular flexibility index (Phi) is 5.30. The molecule has 0 saturated heterocycles. The maximum Gasteiger partial charge on any atom is 0.289 e. The van der Waals surface area contributed by atoms with E-state index in [-0.39, 0.29) is 5.91 Å². The summed E-state index contributed by atoms with van der Waals surface area (Å²) in [5.74, 6) is 0.318. The molecule has 0 radical (unpaired) electrons. The van der Waals surface area contributed by atoms with Gasteiger partial charge in [-0.25, -0.2) is 5.43 Å². The van der Waals surface area contributed by atoms with Crippen LogP contribution in [0, 0.1) is 13.8 Å². The summed E-state index contributed by atoms with van der Waals surface area (Å²) in [7, 11) is 1.61. The molecule has 0 bridgehead atoms. The molecule has 0 aliphatic rings. The van der Waals surface area contributed by atoms with Crippen molar-refractivity contribution < 1.29 is 9.53 Å². The average molecular weight is 398 g/mol. The summed E-state index contributed by atoms with van der Waals surface area (Å²) in [6, 6.07) is 19.6. The number of hydrogen-bond acceptors (Lipinski definition) is 4. The van der Waals surface area contributed by atoms with Gasteiger partial charge in [0.1, 0.15) is 11.4 Å². The van der Waals surface area contributed by atoms with Gasteiger partial charge in [0.05, 0.1) is 19.0 Å². The number of aryl methyl sites for hydroxylation is 2. The standard InChI is InChI=1S/C24H22N4O2/c1-15-8-9-18(12-16(15)2)21-13-22(27-26-21)24(29)28-25-14-20-19-7-5-4-6-17(19)10-11-23(20)30-3/h4-14H,1-3H3,(H,26,27)(H,28,29)/b25-14-. The molecule has 1 aromatic heterocycles. The number of hydrogen-bond donors (Lipinski definition) is 2. The molecule has 6 heteroatoms. The molecule has 0 unspecified atom stereocenters. The predicted octanol–water partition coefficient (Wildman–Crippen LogP) is 4.62. The second-order valence-electron chi connectivity index (χ2n) is 7.07. The summed E-state index contributed by atoms with van der Waals surface area (Å²) >= 11 is 0. The number of nitrogens with one attached hydrogen (secondary N) is 2. The Morgan fingerprint density at radius 2 is 1.90 bits per heavy atom. The highest BCUT2D eigenvalue weighted by Gasteiger charge is 2.11. The van der Waals surface area contributed by atoms with E-state index in [1.807, 2.05) is 48.5 Å². The van der Waals surface area contributed by atoms with Crippen LogP contribution in [0.15, 0.2) is 65.8 Å². The first-order valence-corrected chi connectivity index (χ1v) is 9.59. The summed E-state index contributed by atoms with van der Waals surface area (Å²) in [6.45, 7) is 4.11. The van der Waals surface area contributed by atoms with Crippen molar-refractivity contribution in [1.82, 2.24) is 15.6 Å². The zero-order chi connectivity index (χ0) is 21.1. The molecule has 3 aromatic carbocycles. The van der Waals surface area contributed by atoms with Crippen molar-refractivity contribution in [3.63, 3.8) is 0 Å². The van der Waals surface area contributed by atoms with Crippen molar-refractivity contribution in [1.29, 1.82) is 0 Å². The quantitative estimate of drug-likeness (QED) is 0.380. The lowest BCUT2D eigenvalue weighted by Gasteiger charge is -2.08. The molecule has 1 amide bonds. The van der Waals surface area contributed by atoms with E-state index in [1.165, 1.54) is 11.1 Å². The van der Waals surface area contributed by atoms with Gasteiger partial charge in [-0.2, -0.15) is 10.2 Å². The summed E-state index contributed by atoms with van der Waals surface area (Å²) < 4.78 is 5.45. The van der Waals surface area contributed by atoms with E-state index in [0.717, 1.165) is 21.9 Å². The van der Waals surface area contributed by atoms with Gasteiger partial charge >= 0.3 is 0 Å². The molecule has 0 spiro atoms. The maximum atomic E-state index is 12.5. The van der Waals surface area contributed by atoms with Crippen molar-refractivity contribution in [3.8, 4) is 17.0 Å². The molecule has 30 heavy (non-hydrogen) atoms. The van der Waals surface area contributed by atoms with E-state index in [1.54, 1.807) is 19.4 Å². The molecule has 150 valence electrons. The Hall–Kier alpha value is -3.93. The monoisotopic (exact) mass is 398 g/mol. The van der Waals surface area contributed by atoms with Crippen LogP contribution in [0.3, 0.4) is 0 Å². The van der Waals surface area contributed by atoms with Crippen molar-refractivity contribution in [2.24, 2.45) is 5.10 Å². The summed E-state index contributed by atoms with van der Waals surface area (Å²) in [5.41, 5.74) is 7.75. The van der Waals surface area contributed by atoms with E-state index in [2.05, 4.69) is 40.6 Å². The second-order valence-corrected chi connectivity index (χ2v) is 7.07. The third-order valence-corrected chi connectivity index (χ3v) is 5.14. The number of ether oxygens (including phenoxy) is 1. The zero-order valence-corrected chi connectivity index (χ0v) is 17.1. The van der Waals surface area contributed by atoms with E-state index in [0.29, 0.717) is 17.1 Å². The van der Waals surface area contributed by atoms with Crippen LogP contribution in [0.25, 0.3) is 22.0 Å². The third-order valence-electron chi connectivity index (χ3n) is 5.14. The number of rotatable bonds is 5. The molecular weight excluding hydrogens is 376 g/mol. The van der Waals surface area contributed by atoms with Crippen LogP contribution in [0.1, 0.15) is 27.2 Å². The van der Waals surface area contributed by atoms with E-state index in [9.17, 15) is 4.79 Å². The maximum absolute atomic E-state index is 12.5. The largest absolute Gasteiger partial charge is 0.496 e. The molecule has 2 N–H and O–H groups in total. The Morgan fingerprint density at radius 1 is 1.07 bits per heavy atom. The fraction of sp³-hybridized carbons (Fsp3) is 0.125. The molecule has 1 heterocycles. The summed E-state index contributed by atoms with van der Waals surface area (Å²) in [6.07, 6.45) is 1.60. The van der Waals surface area contributed by atoms with Gasteiger partial charge in [-0.1, -0.05) is 42.5 Å². The van der Waals surface area contributed by atoms with Crippen LogP contribution in [0.2, 0.25) is 0 Å². The molecule has 0 aliphatic heterocycles. The fourth-order valence-electron chi connectivity index (χ4n) is 3.29. The first-order chi connectivity index (χ1) is 14.6. The number of carbonyl (C=O) groups excluding carboxylic acids is 1. The number of aromatic amines is 1. The number of carbonyl (C=O) groups is 1. The van der Waals surface area contributed by atoms with Gasteiger partial charge in [0.2, 0.25) is 0 Å². The normalized spacial score (nSPS) is 11.2. The summed E-state index contributed by atoms with van der Waals surface area (Å²) in [5, 5.41) is 13.2. The molecule has 6 nitrogen and oxygen atoms in total. The van der Waals surface area contributed by atoms with Crippen LogP contribution >= 0.6 is 0 Å². The highest BCUT2D eigenvalue weighted by molar-refractivity contribution is 6.03. The third kappa shape index (κ3) is 3.80. The number of benzene rings is 3. The lowest BCUT2D eigenvalue weighted by molar-refractivity contribution is 0.0950. The van der Waals surface area contributed by atoms with Crippen molar-refractivity contribution in [2.75, 3.05) is 7.11 Å². The molecular formula is C24H22N4O2. The Bertz CT molecular complexity index is 1260. The number of amides is 1. The van der Waals surface area contributed by atoms with E-state index in [4.69, 9.17) is 4.74 Å². The van der Waals surface area contributed by atoms with Gasteiger partial charge < -0.3 is 4.74 Å². The van der Waals surface area contributed by atoms with Crippen LogP contribution in [-0.4, -0.2) is 29.4 Å². The second kappa shape index (κ2) is 8.21. The number of nitrogens with zero attached hydrogens (tertiary/aromatic N) is 2. The molecule has 4 rings (SSSR count). The van der Waals surface area contributed by atoms with E-state index < -0.39 is 0 Å². The van der Waals surface area contributed by atoms with Crippen molar-refractivity contribution in [2.45, 2.75) is 13.8 Å². The molecule has 0 aliphatic carbocycles. The highest BCUT2D eigenvalue weighted by Crippen LogP contribution is 2.26.